The average Bonchev–Trinajstić information content (AvgIpc) is 3.51. The molecule has 0 amide bonds. The van der Waals surface area contributed by atoms with Gasteiger partial charge in [0.1, 0.15) is 23.3 Å². The van der Waals surface area contributed by atoms with Gasteiger partial charge in [0, 0.05) is 27.7 Å². The summed E-state index contributed by atoms with van der Waals surface area (Å²) < 4.78 is 13.8. The molecule has 1 atom stereocenters. The molecule has 5 rings (SSSR count). The number of nitro groups is 1. The standard InChI is InChI=1S/C27H20BrN3O7S/c1-3-37-26(34)23-14(2)29-27-30(25(33)22(39-27)13-16-11-17(28)7-8-19(16)32)24(23)21-10-9-20(38-21)15-5-4-6-18(12-15)31(35)36/h4-13,24,32H,3H2,1-2H3/b22-13-/t24-/m0/s1. The number of hydrogen-bond acceptors (Lipinski definition) is 9. The van der Waals surface area contributed by atoms with E-state index < -0.39 is 22.5 Å². The molecule has 198 valence electrons. The molecular formula is C27H20BrN3O7S. The van der Waals surface area contributed by atoms with Gasteiger partial charge in [-0.2, -0.15) is 0 Å². The van der Waals surface area contributed by atoms with E-state index in [1.54, 1.807) is 56.3 Å². The number of thiazole rings is 1. The van der Waals surface area contributed by atoms with Gasteiger partial charge in [-0.15, -0.1) is 0 Å². The fourth-order valence-corrected chi connectivity index (χ4v) is 5.69. The maximum atomic E-state index is 13.7. The maximum Gasteiger partial charge on any atom is 0.338 e. The molecule has 1 aliphatic rings. The molecule has 0 unspecified atom stereocenters. The number of rotatable bonds is 6. The van der Waals surface area contributed by atoms with Crippen molar-refractivity contribution in [2.24, 2.45) is 4.99 Å². The fraction of sp³-hybridized carbons (Fsp3) is 0.148. The van der Waals surface area contributed by atoms with Gasteiger partial charge in [0.2, 0.25) is 0 Å². The Labute approximate surface area is 233 Å². The highest BCUT2D eigenvalue weighted by Crippen LogP contribution is 2.35. The third kappa shape index (κ3) is 4.95. The molecule has 0 fully saturated rings. The van der Waals surface area contributed by atoms with Crippen LogP contribution >= 0.6 is 27.3 Å². The number of phenols is 1. The Balaban J connectivity index is 1.69. The number of benzene rings is 2. The minimum atomic E-state index is -0.994. The van der Waals surface area contributed by atoms with E-state index in [1.807, 2.05) is 0 Å². The number of phenolic OH excluding ortho intramolecular Hbond substituents is 1. The zero-order valence-electron chi connectivity index (χ0n) is 20.6. The number of aromatic nitrogens is 1. The topological polar surface area (TPSA) is 137 Å². The van der Waals surface area contributed by atoms with E-state index in [2.05, 4.69) is 20.9 Å². The van der Waals surface area contributed by atoms with E-state index in [1.165, 1.54) is 22.8 Å². The van der Waals surface area contributed by atoms with Gasteiger partial charge < -0.3 is 14.3 Å². The SMILES string of the molecule is CCOC(=O)C1=C(C)N=c2s/c(=C\c3cc(Br)ccc3O)c(=O)n2[C@H]1c1ccc(-c2cccc([N+](=O)[O-])c2)o1. The molecule has 39 heavy (non-hydrogen) atoms. The summed E-state index contributed by atoms with van der Waals surface area (Å²) in [5.41, 5.74) is 0.860. The molecule has 0 spiro atoms. The lowest BCUT2D eigenvalue weighted by Crippen LogP contribution is -2.39. The number of hydrogen-bond donors (Lipinski definition) is 1. The predicted octanol–water partition coefficient (Wildman–Crippen LogP) is 4.43. The van der Waals surface area contributed by atoms with Crippen LogP contribution in [0.3, 0.4) is 0 Å². The Morgan fingerprint density at radius 3 is 2.82 bits per heavy atom. The van der Waals surface area contributed by atoms with Crippen LogP contribution < -0.4 is 14.9 Å². The monoisotopic (exact) mass is 609 g/mol. The van der Waals surface area contributed by atoms with Gasteiger partial charge in [0.15, 0.2) is 4.80 Å². The van der Waals surface area contributed by atoms with Gasteiger partial charge in [0.05, 0.1) is 27.3 Å². The van der Waals surface area contributed by atoms with Crippen LogP contribution in [-0.4, -0.2) is 27.2 Å². The Hall–Kier alpha value is -4.29. The van der Waals surface area contributed by atoms with Gasteiger partial charge in [0.25, 0.3) is 11.2 Å². The summed E-state index contributed by atoms with van der Waals surface area (Å²) in [5, 5.41) is 21.5. The fourth-order valence-electron chi connectivity index (χ4n) is 4.27. The summed E-state index contributed by atoms with van der Waals surface area (Å²) in [5.74, 6) is -0.0628. The number of furan rings is 1. The predicted molar refractivity (Wildman–Crippen MR) is 147 cm³/mol. The molecule has 1 N–H and O–H groups in total. The summed E-state index contributed by atoms with van der Waals surface area (Å²) in [6.45, 7) is 3.45. The number of carbonyl (C=O) groups is 1. The van der Waals surface area contributed by atoms with Crippen molar-refractivity contribution in [2.75, 3.05) is 6.61 Å². The van der Waals surface area contributed by atoms with Crippen LogP contribution in [0.5, 0.6) is 5.75 Å². The molecule has 12 heteroatoms. The van der Waals surface area contributed by atoms with E-state index >= 15 is 0 Å². The van der Waals surface area contributed by atoms with Gasteiger partial charge in [-0.05, 0) is 50.3 Å². The first-order valence-electron chi connectivity index (χ1n) is 11.7. The number of ether oxygens (including phenoxy) is 1. The number of nitro benzene ring substituents is 1. The van der Waals surface area contributed by atoms with Crippen molar-refractivity contribution in [1.82, 2.24) is 4.57 Å². The number of esters is 1. The number of non-ortho nitro benzene ring substituents is 1. The average molecular weight is 610 g/mol. The Bertz CT molecular complexity index is 1850. The Morgan fingerprint density at radius 2 is 2.08 bits per heavy atom. The third-order valence-electron chi connectivity index (χ3n) is 6.03. The van der Waals surface area contributed by atoms with E-state index in [-0.39, 0.29) is 33.9 Å². The molecule has 0 bridgehead atoms. The Morgan fingerprint density at radius 1 is 1.28 bits per heavy atom. The normalized spacial score (nSPS) is 15.2. The molecule has 0 saturated carbocycles. The molecule has 0 radical (unpaired) electrons. The van der Waals surface area contributed by atoms with Crippen LogP contribution in [0.1, 0.15) is 31.2 Å². The van der Waals surface area contributed by atoms with Crippen LogP contribution in [0.15, 0.2) is 84.5 Å². The quantitative estimate of drug-likeness (QED) is 0.194. The molecule has 0 aliphatic carbocycles. The highest BCUT2D eigenvalue weighted by Gasteiger charge is 2.35. The van der Waals surface area contributed by atoms with E-state index in [0.717, 1.165) is 15.8 Å². The highest BCUT2D eigenvalue weighted by molar-refractivity contribution is 9.10. The number of aromatic hydroxyl groups is 1. The molecule has 2 aromatic heterocycles. The van der Waals surface area contributed by atoms with Crippen LogP contribution in [-0.2, 0) is 9.53 Å². The smallest absolute Gasteiger partial charge is 0.338 e. The van der Waals surface area contributed by atoms with E-state index in [0.29, 0.717) is 27.4 Å². The lowest BCUT2D eigenvalue weighted by atomic mass is 10.0. The van der Waals surface area contributed by atoms with Crippen molar-refractivity contribution in [2.45, 2.75) is 19.9 Å². The van der Waals surface area contributed by atoms with Crippen molar-refractivity contribution in [3.63, 3.8) is 0 Å². The van der Waals surface area contributed by atoms with Crippen LogP contribution in [0.2, 0.25) is 0 Å². The summed E-state index contributed by atoms with van der Waals surface area (Å²) in [4.78, 5) is 42.4. The van der Waals surface area contributed by atoms with Crippen LogP contribution in [0, 0.1) is 10.1 Å². The lowest BCUT2D eigenvalue weighted by molar-refractivity contribution is -0.384. The molecule has 3 heterocycles. The van der Waals surface area contributed by atoms with Gasteiger partial charge in [-0.25, -0.2) is 9.79 Å². The van der Waals surface area contributed by atoms with Crippen molar-refractivity contribution < 1.29 is 24.0 Å². The first-order valence-corrected chi connectivity index (χ1v) is 13.3. The molecule has 2 aromatic carbocycles. The van der Waals surface area contributed by atoms with Crippen LogP contribution in [0.25, 0.3) is 17.4 Å². The molecule has 10 nitrogen and oxygen atoms in total. The first-order chi connectivity index (χ1) is 18.7. The number of halogens is 1. The van der Waals surface area contributed by atoms with Gasteiger partial charge in [-0.1, -0.05) is 39.4 Å². The van der Waals surface area contributed by atoms with Crippen molar-refractivity contribution in [1.29, 1.82) is 0 Å². The number of nitrogens with zero attached hydrogens (tertiary/aromatic N) is 3. The van der Waals surface area contributed by atoms with Crippen molar-refractivity contribution in [3.05, 3.63) is 111 Å². The number of fused-ring (bicyclic) bond motifs is 1. The lowest BCUT2D eigenvalue weighted by Gasteiger charge is -2.22. The second-order valence-corrected chi connectivity index (χ2v) is 10.4. The van der Waals surface area contributed by atoms with Gasteiger partial charge >= 0.3 is 5.97 Å². The zero-order valence-corrected chi connectivity index (χ0v) is 23.0. The second-order valence-electron chi connectivity index (χ2n) is 8.51. The summed E-state index contributed by atoms with van der Waals surface area (Å²) >= 11 is 4.48. The molecule has 4 aromatic rings. The molecular weight excluding hydrogens is 590 g/mol. The van der Waals surface area contributed by atoms with Gasteiger partial charge in [-0.3, -0.25) is 19.5 Å². The number of allylic oxidation sites excluding steroid dienone is 1. The largest absolute Gasteiger partial charge is 0.507 e. The number of carbonyl (C=O) groups excluding carboxylic acids is 1. The first kappa shape index (κ1) is 26.3. The van der Waals surface area contributed by atoms with Crippen molar-refractivity contribution >= 4 is 45.0 Å². The third-order valence-corrected chi connectivity index (χ3v) is 7.51. The van der Waals surface area contributed by atoms with Crippen molar-refractivity contribution in [3.8, 4) is 17.1 Å². The summed E-state index contributed by atoms with van der Waals surface area (Å²) in [6.07, 6.45) is 1.56. The van der Waals surface area contributed by atoms with E-state index in [9.17, 15) is 24.8 Å². The molecule has 0 saturated heterocycles. The minimum Gasteiger partial charge on any atom is -0.507 e. The minimum absolute atomic E-state index is 0.00314. The molecule has 1 aliphatic heterocycles. The second kappa shape index (κ2) is 10.5. The van der Waals surface area contributed by atoms with E-state index in [4.69, 9.17) is 9.15 Å². The maximum absolute atomic E-state index is 13.7. The Kier molecular flexibility index (Phi) is 7.06. The zero-order chi connectivity index (χ0) is 27.8. The van der Waals surface area contributed by atoms with Crippen LogP contribution in [0.4, 0.5) is 5.69 Å². The summed E-state index contributed by atoms with van der Waals surface area (Å²) in [7, 11) is 0. The summed E-state index contributed by atoms with van der Waals surface area (Å²) in [6, 6.07) is 13.1. The highest BCUT2D eigenvalue weighted by atomic mass is 79.9.